The van der Waals surface area contributed by atoms with Gasteiger partial charge in [0.05, 0.1) is 6.61 Å². The molecular weight excluding hydrogens is 422 g/mol. The van der Waals surface area contributed by atoms with E-state index in [1.165, 1.54) is 23.6 Å². The van der Waals surface area contributed by atoms with Gasteiger partial charge in [0.25, 0.3) is 0 Å². The minimum Gasteiger partial charge on any atom is -0.494 e. The van der Waals surface area contributed by atoms with Gasteiger partial charge in [-0.05, 0) is 61.6 Å². The molecule has 0 aromatic heterocycles. The van der Waals surface area contributed by atoms with Gasteiger partial charge in [-0.15, -0.1) is 0 Å². The van der Waals surface area contributed by atoms with Crippen LogP contribution in [0.3, 0.4) is 0 Å². The van der Waals surface area contributed by atoms with Gasteiger partial charge < -0.3 is 9.47 Å². The molecule has 1 aliphatic rings. The molecule has 0 spiro atoms. The molecule has 4 rings (SSSR count). The summed E-state index contributed by atoms with van der Waals surface area (Å²) in [5.74, 6) is 0.585. The zero-order valence-corrected chi connectivity index (χ0v) is 20.3. The number of hydrogen-bond acceptors (Lipinski definition) is 4. The predicted molar refractivity (Wildman–Crippen MR) is 136 cm³/mol. The molecule has 0 N–H and O–H groups in total. The largest absolute Gasteiger partial charge is 0.494 e. The molecule has 4 nitrogen and oxygen atoms in total. The zero-order chi connectivity index (χ0) is 23.8. The predicted octanol–water partition coefficient (Wildman–Crippen LogP) is 5.77. The van der Waals surface area contributed by atoms with Crippen molar-refractivity contribution in [1.29, 1.82) is 0 Å². The van der Waals surface area contributed by atoms with Gasteiger partial charge in [-0.1, -0.05) is 66.7 Å². The van der Waals surface area contributed by atoms with Crippen molar-refractivity contribution in [1.82, 2.24) is 4.90 Å². The fourth-order valence-electron chi connectivity index (χ4n) is 5.04. The lowest BCUT2D eigenvalue weighted by Gasteiger charge is -2.32. The Labute approximate surface area is 203 Å². The fraction of sp³-hybridized carbons (Fsp3) is 0.367. The van der Waals surface area contributed by atoms with Gasteiger partial charge in [0.1, 0.15) is 5.75 Å². The number of esters is 1. The number of carbonyl (C=O) groups excluding carboxylic acids is 1. The van der Waals surface area contributed by atoms with Crippen LogP contribution in [-0.4, -0.2) is 37.1 Å². The van der Waals surface area contributed by atoms with Crippen LogP contribution in [0.1, 0.15) is 48.9 Å². The van der Waals surface area contributed by atoms with Crippen LogP contribution in [0.2, 0.25) is 0 Å². The number of carbonyl (C=O) groups is 1. The maximum absolute atomic E-state index is 12.3. The highest BCUT2D eigenvalue weighted by molar-refractivity contribution is 5.67. The van der Waals surface area contributed by atoms with Crippen LogP contribution in [0.5, 0.6) is 5.75 Å². The molecule has 178 valence electrons. The lowest BCUT2D eigenvalue weighted by atomic mass is 9.86. The molecular formula is C30H35NO3. The third-order valence-electron chi connectivity index (χ3n) is 6.55. The topological polar surface area (TPSA) is 38.8 Å². The molecule has 0 radical (unpaired) electrons. The van der Waals surface area contributed by atoms with Crippen molar-refractivity contribution >= 4 is 5.97 Å². The van der Waals surface area contributed by atoms with E-state index in [0.717, 1.165) is 50.1 Å². The number of benzene rings is 3. The molecule has 3 aromatic carbocycles. The van der Waals surface area contributed by atoms with Crippen molar-refractivity contribution in [2.45, 2.75) is 45.1 Å². The van der Waals surface area contributed by atoms with Crippen LogP contribution in [0, 0.1) is 0 Å². The van der Waals surface area contributed by atoms with E-state index in [1.807, 2.05) is 19.1 Å². The molecule has 3 aromatic rings. The number of nitrogens with zero attached hydrogens (tertiary/aromatic N) is 1. The lowest BCUT2D eigenvalue weighted by molar-refractivity contribution is -0.157. The lowest BCUT2D eigenvalue weighted by Crippen LogP contribution is -2.36. The van der Waals surface area contributed by atoms with Gasteiger partial charge in [0, 0.05) is 32.0 Å². The first-order chi connectivity index (χ1) is 16.6. The number of likely N-dealkylation sites (tertiary alicyclic amines) is 1. The van der Waals surface area contributed by atoms with Crippen molar-refractivity contribution < 1.29 is 14.3 Å². The van der Waals surface area contributed by atoms with Crippen LogP contribution >= 0.6 is 0 Å². The third-order valence-corrected chi connectivity index (χ3v) is 6.55. The van der Waals surface area contributed by atoms with Crippen LogP contribution in [0.4, 0.5) is 0 Å². The first-order valence-corrected chi connectivity index (χ1v) is 12.3. The summed E-state index contributed by atoms with van der Waals surface area (Å²) < 4.78 is 12.0. The molecule has 0 bridgehead atoms. The minimum absolute atomic E-state index is 0.237. The second-order valence-electron chi connectivity index (χ2n) is 9.12. The van der Waals surface area contributed by atoms with E-state index in [-0.39, 0.29) is 5.97 Å². The summed E-state index contributed by atoms with van der Waals surface area (Å²) in [6.07, 6.45) is 3.71. The quantitative estimate of drug-likeness (QED) is 0.362. The van der Waals surface area contributed by atoms with E-state index in [0.29, 0.717) is 13.2 Å². The van der Waals surface area contributed by atoms with Crippen molar-refractivity contribution in [3.05, 3.63) is 101 Å². The Morgan fingerprint density at radius 1 is 0.971 bits per heavy atom. The molecule has 1 heterocycles. The van der Waals surface area contributed by atoms with Crippen molar-refractivity contribution in [2.24, 2.45) is 0 Å². The van der Waals surface area contributed by atoms with Crippen LogP contribution < -0.4 is 4.74 Å². The molecule has 1 aliphatic heterocycles. The Morgan fingerprint density at radius 2 is 1.68 bits per heavy atom. The smallest absolute Gasteiger partial charge is 0.303 e. The van der Waals surface area contributed by atoms with Crippen molar-refractivity contribution in [3.63, 3.8) is 0 Å². The minimum atomic E-state index is -0.657. The molecule has 4 heteroatoms. The summed E-state index contributed by atoms with van der Waals surface area (Å²) in [4.78, 5) is 14.7. The normalized spacial score (nSPS) is 18.1. The molecule has 1 unspecified atom stereocenters. The van der Waals surface area contributed by atoms with Gasteiger partial charge in [0.15, 0.2) is 5.60 Å². The molecule has 0 amide bonds. The van der Waals surface area contributed by atoms with E-state index in [2.05, 4.69) is 71.6 Å². The zero-order valence-electron chi connectivity index (χ0n) is 20.3. The van der Waals surface area contributed by atoms with Gasteiger partial charge in [-0.2, -0.15) is 0 Å². The summed E-state index contributed by atoms with van der Waals surface area (Å²) in [6.45, 7) is 6.71. The molecule has 1 saturated heterocycles. The van der Waals surface area contributed by atoms with Gasteiger partial charge >= 0.3 is 5.97 Å². The summed E-state index contributed by atoms with van der Waals surface area (Å²) in [7, 11) is 0. The monoisotopic (exact) mass is 457 g/mol. The summed E-state index contributed by atoms with van der Waals surface area (Å²) >= 11 is 0. The Bertz CT molecular complexity index is 1070. The highest BCUT2D eigenvalue weighted by atomic mass is 16.6. The number of rotatable bonds is 10. The SMILES string of the molecule is CCOc1ccc(Cc2ccccc2)c(C2(OC(C)=O)CCN(CCCc3ccccc3)C2)c1. The summed E-state index contributed by atoms with van der Waals surface area (Å²) in [6, 6.07) is 27.3. The number of ether oxygens (including phenoxy) is 2. The fourth-order valence-corrected chi connectivity index (χ4v) is 5.04. The van der Waals surface area contributed by atoms with E-state index in [1.54, 1.807) is 0 Å². The Kier molecular flexibility index (Phi) is 8.02. The first-order valence-electron chi connectivity index (χ1n) is 12.3. The molecule has 1 fully saturated rings. The van der Waals surface area contributed by atoms with Crippen LogP contribution in [0.15, 0.2) is 78.9 Å². The van der Waals surface area contributed by atoms with Crippen molar-refractivity contribution in [2.75, 3.05) is 26.2 Å². The van der Waals surface area contributed by atoms with E-state index >= 15 is 0 Å². The highest BCUT2D eigenvalue weighted by Crippen LogP contribution is 2.40. The average Bonchev–Trinajstić information content (AvgIpc) is 3.24. The standard InChI is InChI=1S/C30H35NO3/c1-3-33-28-17-16-27(21-26-13-8-5-9-14-26)29(22-28)30(34-24(2)32)18-20-31(23-30)19-10-15-25-11-6-4-7-12-25/h4-9,11-14,16-17,22H,3,10,15,18-21,23H2,1-2H3. The molecule has 0 saturated carbocycles. The maximum atomic E-state index is 12.3. The number of aryl methyl sites for hydroxylation is 1. The first kappa shape index (κ1) is 24.0. The summed E-state index contributed by atoms with van der Waals surface area (Å²) in [5, 5.41) is 0. The van der Waals surface area contributed by atoms with E-state index < -0.39 is 5.60 Å². The van der Waals surface area contributed by atoms with Gasteiger partial charge in [-0.25, -0.2) is 0 Å². The van der Waals surface area contributed by atoms with Gasteiger partial charge in [-0.3, -0.25) is 9.69 Å². The highest BCUT2D eigenvalue weighted by Gasteiger charge is 2.44. The average molecular weight is 458 g/mol. The molecule has 1 atom stereocenters. The third kappa shape index (κ3) is 6.06. The van der Waals surface area contributed by atoms with Gasteiger partial charge in [0.2, 0.25) is 0 Å². The maximum Gasteiger partial charge on any atom is 0.303 e. The Morgan fingerprint density at radius 3 is 2.35 bits per heavy atom. The Hall–Kier alpha value is -3.11. The Balaban J connectivity index is 1.58. The van der Waals surface area contributed by atoms with Crippen molar-refractivity contribution in [3.8, 4) is 5.75 Å². The van der Waals surface area contributed by atoms with Crippen LogP contribution in [-0.2, 0) is 28.0 Å². The van der Waals surface area contributed by atoms with E-state index in [4.69, 9.17) is 9.47 Å². The van der Waals surface area contributed by atoms with Crippen LogP contribution in [0.25, 0.3) is 0 Å². The second kappa shape index (κ2) is 11.3. The second-order valence-corrected chi connectivity index (χ2v) is 9.12. The number of hydrogen-bond donors (Lipinski definition) is 0. The van der Waals surface area contributed by atoms with E-state index in [9.17, 15) is 4.79 Å². The molecule has 34 heavy (non-hydrogen) atoms. The molecule has 0 aliphatic carbocycles. The summed E-state index contributed by atoms with van der Waals surface area (Å²) in [5.41, 5.74) is 4.20.